The van der Waals surface area contributed by atoms with Crippen molar-refractivity contribution in [3.05, 3.63) is 18.0 Å². The molecule has 1 N–H and O–H groups in total. The molecule has 1 aromatic heterocycles. The van der Waals surface area contributed by atoms with E-state index in [0.717, 1.165) is 25.9 Å². The molecule has 1 saturated carbocycles. The van der Waals surface area contributed by atoms with Gasteiger partial charge in [-0.2, -0.15) is 5.10 Å². The van der Waals surface area contributed by atoms with E-state index in [1.165, 1.54) is 31.4 Å². The van der Waals surface area contributed by atoms with Crippen molar-refractivity contribution in [2.45, 2.75) is 71.9 Å². The highest BCUT2D eigenvalue weighted by Crippen LogP contribution is 2.43. The Morgan fingerprint density at radius 1 is 1.32 bits per heavy atom. The SMILES string of the molecule is CCC(CC)n1ccc(CNCC2(CC)CCC2)n1. The van der Waals surface area contributed by atoms with E-state index in [1.54, 1.807) is 0 Å². The van der Waals surface area contributed by atoms with Crippen LogP contribution >= 0.6 is 0 Å². The highest BCUT2D eigenvalue weighted by molar-refractivity contribution is 5.00. The molecule has 1 aromatic rings. The van der Waals surface area contributed by atoms with Crippen LogP contribution in [-0.4, -0.2) is 16.3 Å². The molecule has 0 spiro atoms. The van der Waals surface area contributed by atoms with E-state index in [2.05, 4.69) is 43.0 Å². The first kappa shape index (κ1) is 14.6. The largest absolute Gasteiger partial charge is 0.311 e. The maximum atomic E-state index is 4.70. The van der Waals surface area contributed by atoms with Crippen molar-refractivity contribution in [2.24, 2.45) is 5.41 Å². The van der Waals surface area contributed by atoms with Gasteiger partial charge in [0.25, 0.3) is 0 Å². The summed E-state index contributed by atoms with van der Waals surface area (Å²) in [5, 5.41) is 8.30. The van der Waals surface area contributed by atoms with E-state index in [4.69, 9.17) is 5.10 Å². The van der Waals surface area contributed by atoms with E-state index in [0.29, 0.717) is 11.5 Å². The average molecular weight is 263 g/mol. The number of rotatable bonds is 8. The summed E-state index contributed by atoms with van der Waals surface area (Å²) in [6.07, 6.45) is 9.97. The lowest BCUT2D eigenvalue weighted by Crippen LogP contribution is -2.39. The Morgan fingerprint density at radius 2 is 2.05 bits per heavy atom. The Balaban J connectivity index is 1.80. The third-order valence-electron chi connectivity index (χ3n) is 4.95. The Morgan fingerprint density at radius 3 is 2.58 bits per heavy atom. The minimum absolute atomic E-state index is 0.558. The molecule has 19 heavy (non-hydrogen) atoms. The minimum atomic E-state index is 0.558. The third-order valence-corrected chi connectivity index (χ3v) is 4.95. The van der Waals surface area contributed by atoms with E-state index in [-0.39, 0.29) is 0 Å². The van der Waals surface area contributed by atoms with Crippen LogP contribution in [0.15, 0.2) is 12.3 Å². The van der Waals surface area contributed by atoms with Gasteiger partial charge in [-0.15, -0.1) is 0 Å². The van der Waals surface area contributed by atoms with Crippen LogP contribution < -0.4 is 5.32 Å². The first-order valence-electron chi connectivity index (χ1n) is 7.97. The fourth-order valence-corrected chi connectivity index (χ4v) is 3.13. The second-order valence-electron chi connectivity index (χ2n) is 6.07. The predicted molar refractivity (Wildman–Crippen MR) is 80.1 cm³/mol. The molecule has 1 aliphatic carbocycles. The number of hydrogen-bond donors (Lipinski definition) is 1. The van der Waals surface area contributed by atoms with Gasteiger partial charge in [0, 0.05) is 19.3 Å². The molecule has 0 radical (unpaired) electrons. The summed E-state index contributed by atoms with van der Waals surface area (Å²) < 4.78 is 2.13. The van der Waals surface area contributed by atoms with Crippen molar-refractivity contribution >= 4 is 0 Å². The van der Waals surface area contributed by atoms with E-state index >= 15 is 0 Å². The second-order valence-corrected chi connectivity index (χ2v) is 6.07. The summed E-state index contributed by atoms with van der Waals surface area (Å²) in [6.45, 7) is 8.85. The lowest BCUT2D eigenvalue weighted by atomic mass is 9.67. The van der Waals surface area contributed by atoms with Crippen molar-refractivity contribution < 1.29 is 0 Å². The van der Waals surface area contributed by atoms with Crippen molar-refractivity contribution in [1.29, 1.82) is 0 Å². The van der Waals surface area contributed by atoms with Crippen molar-refractivity contribution in [1.82, 2.24) is 15.1 Å². The summed E-state index contributed by atoms with van der Waals surface area (Å²) in [4.78, 5) is 0. The van der Waals surface area contributed by atoms with Crippen LogP contribution in [-0.2, 0) is 6.54 Å². The van der Waals surface area contributed by atoms with Gasteiger partial charge in [-0.25, -0.2) is 0 Å². The number of aromatic nitrogens is 2. The van der Waals surface area contributed by atoms with Crippen LogP contribution in [0.1, 0.15) is 71.0 Å². The molecule has 1 aliphatic rings. The minimum Gasteiger partial charge on any atom is -0.311 e. The van der Waals surface area contributed by atoms with Crippen LogP contribution in [0, 0.1) is 5.41 Å². The van der Waals surface area contributed by atoms with Crippen molar-refractivity contribution in [3.8, 4) is 0 Å². The molecule has 0 aromatic carbocycles. The predicted octanol–water partition coefficient (Wildman–Crippen LogP) is 3.91. The van der Waals surface area contributed by atoms with Crippen molar-refractivity contribution in [2.75, 3.05) is 6.54 Å². The third kappa shape index (κ3) is 3.38. The molecule has 3 nitrogen and oxygen atoms in total. The summed E-state index contributed by atoms with van der Waals surface area (Å²) in [6, 6.07) is 2.72. The fourth-order valence-electron chi connectivity index (χ4n) is 3.13. The van der Waals surface area contributed by atoms with Gasteiger partial charge in [-0.3, -0.25) is 4.68 Å². The topological polar surface area (TPSA) is 29.9 Å². The molecular weight excluding hydrogens is 234 g/mol. The van der Waals surface area contributed by atoms with Gasteiger partial charge in [0.2, 0.25) is 0 Å². The molecule has 1 fully saturated rings. The molecule has 0 bridgehead atoms. The fraction of sp³-hybridized carbons (Fsp3) is 0.812. The molecule has 1 heterocycles. The lowest BCUT2D eigenvalue weighted by Gasteiger charge is -2.41. The molecule has 0 aliphatic heterocycles. The highest BCUT2D eigenvalue weighted by Gasteiger charge is 2.34. The quantitative estimate of drug-likeness (QED) is 0.770. The number of hydrogen-bond acceptors (Lipinski definition) is 2. The van der Waals surface area contributed by atoms with Gasteiger partial charge in [-0.05, 0) is 43.6 Å². The molecule has 3 heteroatoms. The van der Waals surface area contributed by atoms with Gasteiger partial charge in [0.1, 0.15) is 0 Å². The van der Waals surface area contributed by atoms with Gasteiger partial charge in [0.15, 0.2) is 0 Å². The van der Waals surface area contributed by atoms with Gasteiger partial charge in [0.05, 0.1) is 11.7 Å². The van der Waals surface area contributed by atoms with Crippen LogP contribution in [0.3, 0.4) is 0 Å². The van der Waals surface area contributed by atoms with Gasteiger partial charge >= 0.3 is 0 Å². The highest BCUT2D eigenvalue weighted by atomic mass is 15.3. The molecule has 2 rings (SSSR count). The molecule has 0 saturated heterocycles. The van der Waals surface area contributed by atoms with Crippen LogP contribution in [0.2, 0.25) is 0 Å². The summed E-state index contributed by atoms with van der Waals surface area (Å²) in [5.74, 6) is 0. The zero-order valence-electron chi connectivity index (χ0n) is 12.8. The van der Waals surface area contributed by atoms with E-state index in [9.17, 15) is 0 Å². The molecular formula is C16H29N3. The number of nitrogens with zero attached hydrogens (tertiary/aromatic N) is 2. The van der Waals surface area contributed by atoms with Gasteiger partial charge < -0.3 is 5.32 Å². The average Bonchev–Trinajstić information content (AvgIpc) is 2.83. The monoisotopic (exact) mass is 263 g/mol. The first-order chi connectivity index (χ1) is 9.23. The first-order valence-corrected chi connectivity index (χ1v) is 7.97. The maximum absolute atomic E-state index is 4.70. The normalized spacial score (nSPS) is 17.7. The summed E-state index contributed by atoms with van der Waals surface area (Å²) in [5.41, 5.74) is 1.77. The Hall–Kier alpha value is -0.830. The van der Waals surface area contributed by atoms with Crippen LogP contribution in [0.25, 0.3) is 0 Å². The van der Waals surface area contributed by atoms with Crippen molar-refractivity contribution in [3.63, 3.8) is 0 Å². The zero-order chi connectivity index (χ0) is 13.7. The Kier molecular flexibility index (Phi) is 5.03. The molecule has 108 valence electrons. The Bertz CT molecular complexity index is 370. The smallest absolute Gasteiger partial charge is 0.0762 e. The van der Waals surface area contributed by atoms with Gasteiger partial charge in [-0.1, -0.05) is 27.2 Å². The summed E-state index contributed by atoms with van der Waals surface area (Å²) in [7, 11) is 0. The standard InChI is InChI=1S/C16H29N3/c1-4-15(5-2)19-11-8-14(18-19)12-17-13-16(6-3)9-7-10-16/h8,11,15,17H,4-7,9-10,12-13H2,1-3H3. The lowest BCUT2D eigenvalue weighted by molar-refractivity contribution is 0.123. The second kappa shape index (κ2) is 6.56. The molecule has 0 amide bonds. The number of nitrogens with one attached hydrogen (secondary N) is 1. The zero-order valence-corrected chi connectivity index (χ0v) is 12.8. The molecule has 0 atom stereocenters. The van der Waals surface area contributed by atoms with E-state index in [1.807, 2.05) is 0 Å². The molecule has 0 unspecified atom stereocenters. The Labute approximate surface area is 117 Å². The maximum Gasteiger partial charge on any atom is 0.0762 e. The van der Waals surface area contributed by atoms with E-state index < -0.39 is 0 Å². The van der Waals surface area contributed by atoms with Crippen LogP contribution in [0.4, 0.5) is 0 Å². The van der Waals surface area contributed by atoms with Crippen LogP contribution in [0.5, 0.6) is 0 Å². The summed E-state index contributed by atoms with van der Waals surface area (Å²) >= 11 is 0.